The van der Waals surface area contributed by atoms with Crippen LogP contribution in [-0.2, 0) is 18.5 Å². The number of carboxylic acids is 2. The van der Waals surface area contributed by atoms with E-state index >= 15 is 0 Å². The van der Waals surface area contributed by atoms with Crippen molar-refractivity contribution >= 4 is 79.6 Å². The van der Waals surface area contributed by atoms with E-state index < -0.39 is 11.9 Å². The Balaban J connectivity index is 0.000000172. The molecule has 0 spiro atoms. The van der Waals surface area contributed by atoms with Gasteiger partial charge in [0.1, 0.15) is 0 Å². The average molecular weight is 818 g/mol. The summed E-state index contributed by atoms with van der Waals surface area (Å²) in [5.41, 5.74) is 6.53. The van der Waals surface area contributed by atoms with E-state index in [0.717, 1.165) is 11.1 Å². The van der Waals surface area contributed by atoms with Gasteiger partial charge in [-0.1, -0.05) is 108 Å². The summed E-state index contributed by atoms with van der Waals surface area (Å²) in [4.78, 5) is 22.6. The quantitative estimate of drug-likeness (QED) is 0.0820. The van der Waals surface area contributed by atoms with Crippen LogP contribution in [0.3, 0.4) is 0 Å². The fraction of sp³-hybridized carbons (Fsp3) is 0.0455. The summed E-state index contributed by atoms with van der Waals surface area (Å²) in [6, 6.07) is 53.8. The summed E-state index contributed by atoms with van der Waals surface area (Å²) >= 11 is 11.3. The SMILES string of the molecule is O=C(O)/C(=C/c1ccc(Cl)cc1)c1ccccc1.O=C(O)/C(=C/c1ccc(Cl)cc1)c1ccccc1.c1ccc([CH2][Sn][CH2]c2ccccc2)cc1. The molecule has 2 N–H and O–H groups in total. The van der Waals surface area contributed by atoms with Crippen LogP contribution in [0.4, 0.5) is 0 Å². The van der Waals surface area contributed by atoms with Crippen LogP contribution in [0.2, 0.25) is 10.0 Å². The third-order valence-electron chi connectivity index (χ3n) is 7.34. The number of carboxylic acid groups (broad SMARTS) is 2. The molecule has 2 radical (unpaired) electrons. The van der Waals surface area contributed by atoms with Gasteiger partial charge in [0.25, 0.3) is 0 Å². The number of halogens is 2. The monoisotopic (exact) mass is 818 g/mol. The summed E-state index contributed by atoms with van der Waals surface area (Å²) < 4.78 is 2.69. The van der Waals surface area contributed by atoms with Gasteiger partial charge in [-0.05, 0) is 58.7 Å². The van der Waals surface area contributed by atoms with Gasteiger partial charge in [-0.3, -0.25) is 0 Å². The van der Waals surface area contributed by atoms with Crippen molar-refractivity contribution < 1.29 is 19.8 Å². The third-order valence-corrected chi connectivity index (χ3v) is 11.6. The van der Waals surface area contributed by atoms with Crippen molar-refractivity contribution in [1.82, 2.24) is 0 Å². The second kappa shape index (κ2) is 21.4. The first kappa shape index (κ1) is 38.9. The van der Waals surface area contributed by atoms with E-state index in [-0.39, 0.29) is 32.3 Å². The van der Waals surface area contributed by atoms with Gasteiger partial charge in [-0.2, -0.15) is 0 Å². The molecule has 6 aromatic rings. The molecule has 7 heteroatoms. The topological polar surface area (TPSA) is 74.6 Å². The molecule has 0 aliphatic heterocycles. The van der Waals surface area contributed by atoms with Gasteiger partial charge in [0.15, 0.2) is 0 Å². The number of benzene rings is 6. The molecule has 0 bridgehead atoms. The normalized spacial score (nSPS) is 10.9. The molecule has 254 valence electrons. The van der Waals surface area contributed by atoms with Gasteiger partial charge in [0.2, 0.25) is 0 Å². The molecule has 0 aliphatic rings. The van der Waals surface area contributed by atoms with Crippen molar-refractivity contribution in [2.24, 2.45) is 0 Å². The molecule has 0 saturated heterocycles. The molecule has 0 heterocycles. The molecular weight excluding hydrogens is 782 g/mol. The predicted octanol–water partition coefficient (Wildman–Crippen LogP) is 11.0. The van der Waals surface area contributed by atoms with Crippen molar-refractivity contribution in [3.63, 3.8) is 0 Å². The van der Waals surface area contributed by atoms with E-state index in [0.29, 0.717) is 21.2 Å². The first-order chi connectivity index (χ1) is 24.8. The zero-order chi connectivity index (χ0) is 36.3. The summed E-state index contributed by atoms with van der Waals surface area (Å²) in [5.74, 6) is -1.90. The summed E-state index contributed by atoms with van der Waals surface area (Å²) in [6.45, 7) is 0. The number of carbonyl (C=O) groups is 2. The maximum absolute atomic E-state index is 11.3. The molecule has 0 amide bonds. The van der Waals surface area contributed by atoms with E-state index in [1.54, 1.807) is 84.9 Å². The number of hydrogen-bond donors (Lipinski definition) is 2. The van der Waals surface area contributed by atoms with Crippen LogP contribution in [0.1, 0.15) is 33.4 Å². The van der Waals surface area contributed by atoms with E-state index in [1.807, 2.05) is 36.4 Å². The molecule has 6 aromatic carbocycles. The van der Waals surface area contributed by atoms with Crippen LogP contribution in [-0.4, -0.2) is 43.3 Å². The number of rotatable bonds is 10. The molecule has 0 fully saturated rings. The first-order valence-electron chi connectivity index (χ1n) is 16.1. The van der Waals surface area contributed by atoms with Gasteiger partial charge in [-0.15, -0.1) is 0 Å². The minimum absolute atomic E-state index is 0.258. The number of aliphatic carboxylic acids is 2. The molecule has 0 aromatic heterocycles. The van der Waals surface area contributed by atoms with Crippen molar-refractivity contribution in [1.29, 1.82) is 0 Å². The van der Waals surface area contributed by atoms with Crippen LogP contribution in [0, 0.1) is 0 Å². The van der Waals surface area contributed by atoms with E-state index in [1.165, 1.54) is 20.0 Å². The zero-order valence-corrected chi connectivity index (χ0v) is 32.1. The fourth-order valence-electron chi connectivity index (χ4n) is 4.77. The van der Waals surface area contributed by atoms with Gasteiger partial charge in [-0.25, -0.2) is 9.59 Å². The second-order valence-corrected chi connectivity index (χ2v) is 15.5. The predicted molar refractivity (Wildman–Crippen MR) is 213 cm³/mol. The van der Waals surface area contributed by atoms with E-state index in [4.69, 9.17) is 23.2 Å². The van der Waals surface area contributed by atoms with E-state index in [9.17, 15) is 19.8 Å². The zero-order valence-electron chi connectivity index (χ0n) is 27.7. The second-order valence-electron chi connectivity index (χ2n) is 11.1. The summed E-state index contributed by atoms with van der Waals surface area (Å²) in [6.07, 6.45) is 3.27. The maximum atomic E-state index is 11.3. The molecule has 6 rings (SSSR count). The van der Waals surface area contributed by atoms with Gasteiger partial charge in [0.05, 0.1) is 11.1 Å². The Labute approximate surface area is 319 Å². The van der Waals surface area contributed by atoms with Crippen LogP contribution < -0.4 is 0 Å². The summed E-state index contributed by atoms with van der Waals surface area (Å²) in [7, 11) is 0. The molecule has 51 heavy (non-hydrogen) atoms. The van der Waals surface area contributed by atoms with Crippen LogP contribution in [0.15, 0.2) is 170 Å². The molecule has 0 atom stereocenters. The Hall–Kier alpha value is -4.88. The Morgan fingerprint density at radius 1 is 0.451 bits per heavy atom. The van der Waals surface area contributed by atoms with Crippen molar-refractivity contribution in [3.05, 3.63) is 213 Å². The minimum atomic E-state index is -0.948. The Morgan fingerprint density at radius 2 is 0.745 bits per heavy atom. The molecule has 0 aliphatic carbocycles. The average Bonchev–Trinajstić information content (AvgIpc) is 3.16. The summed E-state index contributed by atoms with van der Waals surface area (Å²) in [5, 5.41) is 19.8. The van der Waals surface area contributed by atoms with E-state index in [2.05, 4.69) is 60.7 Å². The van der Waals surface area contributed by atoms with Crippen molar-refractivity contribution in [2.45, 2.75) is 8.87 Å². The molecule has 0 saturated carbocycles. The first-order valence-corrected chi connectivity index (χ1v) is 20.9. The third kappa shape index (κ3) is 14.1. The molecule has 0 unspecified atom stereocenters. The van der Waals surface area contributed by atoms with Crippen LogP contribution in [0.5, 0.6) is 0 Å². The van der Waals surface area contributed by atoms with Gasteiger partial charge in [0, 0.05) is 10.0 Å². The fourth-order valence-corrected chi connectivity index (χ4v) is 8.37. The van der Waals surface area contributed by atoms with Gasteiger partial charge >= 0.3 is 114 Å². The Kier molecular flexibility index (Phi) is 16.3. The van der Waals surface area contributed by atoms with Crippen LogP contribution >= 0.6 is 23.2 Å². The van der Waals surface area contributed by atoms with Crippen molar-refractivity contribution in [3.8, 4) is 0 Å². The van der Waals surface area contributed by atoms with Crippen molar-refractivity contribution in [2.75, 3.05) is 0 Å². The standard InChI is InChI=1S/2C15H11ClO2.2C7H7.Sn/c2*16-13-8-6-11(7-9-13)10-14(15(17)18)12-4-2-1-3-5-12;2*1-7-5-3-2-4-6-7;/h2*1-10H,(H,17,18);2*2-6H,1H2;/b2*14-10+;;;. The molecular formula is C44H36Cl2O4Sn. The Morgan fingerprint density at radius 3 is 1.04 bits per heavy atom. The number of hydrogen-bond acceptors (Lipinski definition) is 2. The molecule has 4 nitrogen and oxygen atoms in total. The van der Waals surface area contributed by atoms with Gasteiger partial charge < -0.3 is 10.2 Å². The Bertz CT molecular complexity index is 1850. The van der Waals surface area contributed by atoms with Crippen LogP contribution in [0.25, 0.3) is 23.3 Å².